The lowest BCUT2D eigenvalue weighted by Gasteiger charge is -2.08. The van der Waals surface area contributed by atoms with Crippen LogP contribution in [-0.4, -0.2) is 40.5 Å². The number of hydrogen-bond donors (Lipinski definition) is 2. The van der Waals surface area contributed by atoms with Crippen molar-refractivity contribution in [2.75, 3.05) is 40.5 Å². The monoisotopic (exact) mass is 256 g/mol. The van der Waals surface area contributed by atoms with Crippen molar-refractivity contribution in [2.45, 2.75) is 6.54 Å². The van der Waals surface area contributed by atoms with Crippen molar-refractivity contribution in [1.29, 1.82) is 0 Å². The van der Waals surface area contributed by atoms with Gasteiger partial charge in [0.15, 0.2) is 11.6 Å². The van der Waals surface area contributed by atoms with E-state index in [4.69, 9.17) is 9.47 Å². The van der Waals surface area contributed by atoms with Crippen LogP contribution < -0.4 is 15.4 Å². The van der Waals surface area contributed by atoms with Crippen LogP contribution in [0.1, 0.15) is 5.56 Å². The summed E-state index contributed by atoms with van der Waals surface area (Å²) in [6.45, 7) is 3.99. The van der Waals surface area contributed by atoms with Crippen molar-refractivity contribution < 1.29 is 13.9 Å². The molecule has 0 fully saturated rings. The lowest BCUT2D eigenvalue weighted by atomic mass is 10.2. The van der Waals surface area contributed by atoms with Crippen molar-refractivity contribution in [2.24, 2.45) is 0 Å². The standard InChI is InChI=1S/C13H21FN2O2/c1-17-8-7-15-5-6-16-10-11-3-4-12(14)13(9-11)18-2/h3-4,9,15-16H,5-8,10H2,1-2H3. The number of nitrogens with one attached hydrogen (secondary N) is 2. The van der Waals surface area contributed by atoms with Crippen molar-refractivity contribution in [3.63, 3.8) is 0 Å². The zero-order valence-corrected chi connectivity index (χ0v) is 11.0. The second kappa shape index (κ2) is 8.85. The van der Waals surface area contributed by atoms with Gasteiger partial charge in [0.2, 0.25) is 0 Å². The second-order valence-electron chi connectivity index (χ2n) is 3.89. The summed E-state index contributed by atoms with van der Waals surface area (Å²) in [7, 11) is 3.15. The maximum atomic E-state index is 13.2. The highest BCUT2D eigenvalue weighted by Crippen LogP contribution is 2.17. The molecule has 0 atom stereocenters. The van der Waals surface area contributed by atoms with Gasteiger partial charge in [-0.2, -0.15) is 0 Å². The Balaban J connectivity index is 2.19. The molecule has 1 aromatic rings. The minimum Gasteiger partial charge on any atom is -0.494 e. The molecule has 2 N–H and O–H groups in total. The number of hydrogen-bond acceptors (Lipinski definition) is 4. The molecular weight excluding hydrogens is 235 g/mol. The number of methoxy groups -OCH3 is 2. The van der Waals surface area contributed by atoms with Gasteiger partial charge in [0.25, 0.3) is 0 Å². The third-order valence-corrected chi connectivity index (χ3v) is 2.51. The molecule has 5 heteroatoms. The summed E-state index contributed by atoms with van der Waals surface area (Å²) in [5.74, 6) is -0.0463. The molecule has 0 bridgehead atoms. The van der Waals surface area contributed by atoms with E-state index in [1.54, 1.807) is 19.2 Å². The molecule has 102 valence electrons. The van der Waals surface area contributed by atoms with Gasteiger partial charge in [-0.1, -0.05) is 6.07 Å². The molecular formula is C13H21FN2O2. The Hall–Kier alpha value is -1.17. The molecule has 1 aromatic carbocycles. The van der Waals surface area contributed by atoms with Gasteiger partial charge in [0.05, 0.1) is 13.7 Å². The topological polar surface area (TPSA) is 42.5 Å². The fourth-order valence-electron chi connectivity index (χ4n) is 1.52. The Kier molecular flexibility index (Phi) is 7.32. The first-order valence-corrected chi connectivity index (χ1v) is 6.00. The smallest absolute Gasteiger partial charge is 0.165 e. The van der Waals surface area contributed by atoms with Gasteiger partial charge in [-0.3, -0.25) is 0 Å². The molecule has 0 heterocycles. The first kappa shape index (κ1) is 14.9. The highest BCUT2D eigenvalue weighted by Gasteiger charge is 2.02. The van der Waals surface area contributed by atoms with Gasteiger partial charge in [0, 0.05) is 33.3 Å². The lowest BCUT2D eigenvalue weighted by molar-refractivity contribution is 0.199. The highest BCUT2D eigenvalue weighted by atomic mass is 19.1. The van der Waals surface area contributed by atoms with Crippen molar-refractivity contribution in [1.82, 2.24) is 10.6 Å². The minimum atomic E-state index is -0.331. The van der Waals surface area contributed by atoms with Crippen LogP contribution in [-0.2, 0) is 11.3 Å². The number of benzene rings is 1. The Labute approximate surface area is 107 Å². The predicted octanol–water partition coefficient (Wildman–Crippen LogP) is 1.16. The summed E-state index contributed by atoms with van der Waals surface area (Å²) in [4.78, 5) is 0. The molecule has 0 aliphatic heterocycles. The molecule has 0 saturated carbocycles. The third kappa shape index (κ3) is 5.44. The largest absolute Gasteiger partial charge is 0.494 e. The van der Waals surface area contributed by atoms with E-state index in [1.165, 1.54) is 13.2 Å². The first-order valence-electron chi connectivity index (χ1n) is 6.00. The van der Waals surface area contributed by atoms with Crippen LogP contribution in [0.4, 0.5) is 4.39 Å². The van der Waals surface area contributed by atoms with Gasteiger partial charge < -0.3 is 20.1 Å². The van der Waals surface area contributed by atoms with E-state index >= 15 is 0 Å². The molecule has 0 amide bonds. The summed E-state index contributed by atoms with van der Waals surface area (Å²) in [5.41, 5.74) is 1.00. The van der Waals surface area contributed by atoms with Crippen LogP contribution in [0.15, 0.2) is 18.2 Å². The van der Waals surface area contributed by atoms with Crippen LogP contribution >= 0.6 is 0 Å². The number of halogens is 1. The molecule has 0 saturated heterocycles. The fourth-order valence-corrected chi connectivity index (χ4v) is 1.52. The normalized spacial score (nSPS) is 10.6. The Morgan fingerprint density at radius 2 is 1.89 bits per heavy atom. The SMILES string of the molecule is COCCNCCNCc1ccc(F)c(OC)c1. The van der Waals surface area contributed by atoms with E-state index in [2.05, 4.69) is 10.6 Å². The van der Waals surface area contributed by atoms with Crippen LogP contribution in [0.2, 0.25) is 0 Å². The Bertz CT molecular complexity index is 348. The van der Waals surface area contributed by atoms with E-state index < -0.39 is 0 Å². The van der Waals surface area contributed by atoms with Crippen LogP contribution in [0, 0.1) is 5.82 Å². The summed E-state index contributed by atoms with van der Waals surface area (Å²) in [5, 5.41) is 6.50. The van der Waals surface area contributed by atoms with Gasteiger partial charge in [-0.15, -0.1) is 0 Å². The molecule has 0 aromatic heterocycles. The molecule has 0 radical (unpaired) electrons. The summed E-state index contributed by atoms with van der Waals surface area (Å²) >= 11 is 0. The van der Waals surface area contributed by atoms with Gasteiger partial charge in [-0.05, 0) is 17.7 Å². The quantitative estimate of drug-likeness (QED) is 0.651. The molecule has 1 rings (SSSR count). The Morgan fingerprint density at radius 1 is 1.11 bits per heavy atom. The first-order chi connectivity index (χ1) is 8.77. The summed E-state index contributed by atoms with van der Waals surface area (Å²) in [6, 6.07) is 4.89. The van der Waals surface area contributed by atoms with Crippen molar-refractivity contribution >= 4 is 0 Å². The van der Waals surface area contributed by atoms with E-state index in [0.29, 0.717) is 6.54 Å². The maximum absolute atomic E-state index is 13.2. The van der Waals surface area contributed by atoms with Crippen molar-refractivity contribution in [3.05, 3.63) is 29.6 Å². The summed E-state index contributed by atoms with van der Waals surface area (Å²) in [6.07, 6.45) is 0. The molecule has 0 spiro atoms. The second-order valence-corrected chi connectivity index (χ2v) is 3.89. The molecule has 4 nitrogen and oxygen atoms in total. The number of rotatable bonds is 9. The van der Waals surface area contributed by atoms with Gasteiger partial charge in [0.1, 0.15) is 0 Å². The summed E-state index contributed by atoms with van der Waals surface area (Å²) < 4.78 is 23.0. The molecule has 18 heavy (non-hydrogen) atoms. The maximum Gasteiger partial charge on any atom is 0.165 e. The highest BCUT2D eigenvalue weighted by molar-refractivity contribution is 5.30. The number of ether oxygens (including phenoxy) is 2. The van der Waals surface area contributed by atoms with E-state index in [-0.39, 0.29) is 11.6 Å². The third-order valence-electron chi connectivity index (χ3n) is 2.51. The fraction of sp³-hybridized carbons (Fsp3) is 0.538. The predicted molar refractivity (Wildman–Crippen MR) is 69.4 cm³/mol. The van der Waals surface area contributed by atoms with E-state index in [0.717, 1.165) is 31.8 Å². The van der Waals surface area contributed by atoms with Gasteiger partial charge >= 0.3 is 0 Å². The zero-order chi connectivity index (χ0) is 13.2. The molecule has 0 aliphatic carbocycles. The van der Waals surface area contributed by atoms with Crippen LogP contribution in [0.25, 0.3) is 0 Å². The lowest BCUT2D eigenvalue weighted by Crippen LogP contribution is -2.29. The minimum absolute atomic E-state index is 0.285. The average molecular weight is 256 g/mol. The van der Waals surface area contributed by atoms with E-state index in [9.17, 15) is 4.39 Å². The zero-order valence-electron chi connectivity index (χ0n) is 11.0. The van der Waals surface area contributed by atoms with Crippen LogP contribution in [0.3, 0.4) is 0 Å². The Morgan fingerprint density at radius 3 is 2.61 bits per heavy atom. The van der Waals surface area contributed by atoms with Crippen molar-refractivity contribution in [3.8, 4) is 5.75 Å². The van der Waals surface area contributed by atoms with Gasteiger partial charge in [-0.25, -0.2) is 4.39 Å². The molecule has 0 aliphatic rings. The van der Waals surface area contributed by atoms with Crippen LogP contribution in [0.5, 0.6) is 5.75 Å². The average Bonchev–Trinajstić information content (AvgIpc) is 2.39. The molecule has 0 unspecified atom stereocenters. The van der Waals surface area contributed by atoms with E-state index in [1.807, 2.05) is 0 Å².